The number of hydrogen-bond donors (Lipinski definition) is 3. The van der Waals surface area contributed by atoms with Gasteiger partial charge in [0, 0.05) is 47.6 Å². The first-order valence-electron chi connectivity index (χ1n) is 13.9. The normalized spacial score (nSPS) is 10.9. The van der Waals surface area contributed by atoms with E-state index in [1.54, 1.807) is 0 Å². The van der Waals surface area contributed by atoms with Gasteiger partial charge in [0.15, 0.2) is 0 Å². The van der Waals surface area contributed by atoms with Crippen molar-refractivity contribution >= 4 is 29.1 Å². The van der Waals surface area contributed by atoms with Crippen LogP contribution in [-0.4, -0.2) is 84.8 Å². The monoisotopic (exact) mass is 554 g/mol. The Hall–Kier alpha value is -3.83. The number of anilines is 1. The lowest BCUT2D eigenvalue weighted by Crippen LogP contribution is -2.31. The van der Waals surface area contributed by atoms with Gasteiger partial charge in [-0.1, -0.05) is 27.7 Å². The van der Waals surface area contributed by atoms with Gasteiger partial charge in [0.1, 0.15) is 0 Å². The van der Waals surface area contributed by atoms with Gasteiger partial charge in [-0.25, -0.2) is 0 Å². The van der Waals surface area contributed by atoms with Crippen molar-refractivity contribution in [2.45, 2.75) is 40.5 Å². The molecule has 3 N–H and O–H groups in total. The fourth-order valence-corrected chi connectivity index (χ4v) is 4.19. The smallest absolute Gasteiger partial charge is 0.269 e. The van der Waals surface area contributed by atoms with Crippen LogP contribution in [0.4, 0.5) is 11.4 Å². The first-order valence-corrected chi connectivity index (χ1v) is 13.9. The van der Waals surface area contributed by atoms with Gasteiger partial charge in [0.25, 0.3) is 23.4 Å². The van der Waals surface area contributed by atoms with E-state index in [4.69, 9.17) is 0 Å². The number of carbonyl (C=O) groups excluding carboxylic acids is 3. The second-order valence-corrected chi connectivity index (χ2v) is 9.33. The molecule has 0 atom stereocenters. The van der Waals surface area contributed by atoms with Gasteiger partial charge < -0.3 is 25.8 Å². The Morgan fingerprint density at radius 2 is 1.15 bits per heavy atom. The predicted molar refractivity (Wildman–Crippen MR) is 157 cm³/mol. The lowest BCUT2D eigenvalue weighted by atomic mass is 10.1. The van der Waals surface area contributed by atoms with Crippen LogP contribution in [-0.2, 0) is 0 Å². The Labute approximate surface area is 236 Å². The van der Waals surface area contributed by atoms with Gasteiger partial charge in [-0.15, -0.1) is 0 Å². The largest absolute Gasteiger partial charge is 0.352 e. The minimum atomic E-state index is -0.543. The van der Waals surface area contributed by atoms with Crippen molar-refractivity contribution in [1.29, 1.82) is 0 Å². The molecule has 0 saturated carbocycles. The van der Waals surface area contributed by atoms with Crippen molar-refractivity contribution < 1.29 is 19.3 Å². The minimum absolute atomic E-state index is 0.129. The van der Waals surface area contributed by atoms with Crippen molar-refractivity contribution in [2.75, 3.05) is 57.7 Å². The van der Waals surface area contributed by atoms with E-state index < -0.39 is 10.8 Å². The third-order valence-electron chi connectivity index (χ3n) is 6.72. The summed E-state index contributed by atoms with van der Waals surface area (Å²) in [6, 6.07) is 9.73. The summed E-state index contributed by atoms with van der Waals surface area (Å²) < 4.78 is 0. The van der Waals surface area contributed by atoms with Crippen LogP contribution in [0.5, 0.6) is 0 Å². The summed E-state index contributed by atoms with van der Waals surface area (Å²) in [6.07, 6.45) is 1.56. The molecule has 0 aromatic heterocycles. The molecule has 0 aliphatic heterocycles. The van der Waals surface area contributed by atoms with Crippen LogP contribution in [0.2, 0.25) is 0 Å². The van der Waals surface area contributed by atoms with E-state index in [0.717, 1.165) is 52.1 Å². The number of nitro benzene ring substituents is 1. The summed E-state index contributed by atoms with van der Waals surface area (Å²) in [5.74, 6) is -1.21. The van der Waals surface area contributed by atoms with Gasteiger partial charge in [0.05, 0.1) is 4.92 Å². The van der Waals surface area contributed by atoms with Crippen LogP contribution >= 0.6 is 0 Å². The highest BCUT2D eigenvalue weighted by molar-refractivity contribution is 6.07. The van der Waals surface area contributed by atoms with E-state index >= 15 is 0 Å². The summed E-state index contributed by atoms with van der Waals surface area (Å²) in [5.41, 5.74) is 0.845. The third kappa shape index (κ3) is 10.4. The third-order valence-corrected chi connectivity index (χ3v) is 6.72. The Balaban J connectivity index is 2.17. The molecule has 0 bridgehead atoms. The van der Waals surface area contributed by atoms with Crippen molar-refractivity contribution in [2.24, 2.45) is 0 Å². The zero-order chi connectivity index (χ0) is 29.5. The lowest BCUT2D eigenvalue weighted by Gasteiger charge is -2.18. The quantitative estimate of drug-likeness (QED) is 0.154. The van der Waals surface area contributed by atoms with Crippen molar-refractivity contribution in [1.82, 2.24) is 20.4 Å². The minimum Gasteiger partial charge on any atom is -0.352 e. The highest BCUT2D eigenvalue weighted by Crippen LogP contribution is 2.18. The Morgan fingerprint density at radius 1 is 0.700 bits per heavy atom. The molecule has 11 nitrogen and oxygen atoms in total. The van der Waals surface area contributed by atoms with E-state index in [0.29, 0.717) is 13.1 Å². The van der Waals surface area contributed by atoms with Crippen LogP contribution < -0.4 is 16.0 Å². The topological polar surface area (TPSA) is 137 Å². The molecule has 3 amide bonds. The van der Waals surface area contributed by atoms with Gasteiger partial charge in [-0.05, 0) is 82.4 Å². The number of benzene rings is 2. The molecule has 0 fully saturated rings. The van der Waals surface area contributed by atoms with Gasteiger partial charge in [-0.2, -0.15) is 0 Å². The Kier molecular flexibility index (Phi) is 13.8. The summed E-state index contributed by atoms with van der Waals surface area (Å²) >= 11 is 0. The highest BCUT2D eigenvalue weighted by Gasteiger charge is 2.16. The molecule has 2 aromatic rings. The molecule has 0 heterocycles. The number of hydrogen-bond acceptors (Lipinski definition) is 7. The van der Waals surface area contributed by atoms with E-state index in [1.807, 2.05) is 0 Å². The average Bonchev–Trinajstić information content (AvgIpc) is 2.96. The number of rotatable bonds is 17. The zero-order valence-corrected chi connectivity index (χ0v) is 24.0. The summed E-state index contributed by atoms with van der Waals surface area (Å²) in [4.78, 5) is 53.7. The molecular formula is C29H42N6O5. The average molecular weight is 555 g/mol. The maximum Gasteiger partial charge on any atom is 0.269 e. The maximum absolute atomic E-state index is 13.0. The van der Waals surface area contributed by atoms with Gasteiger partial charge in [-0.3, -0.25) is 24.5 Å². The summed E-state index contributed by atoms with van der Waals surface area (Å²) in [6.45, 7) is 14.8. The molecule has 11 heteroatoms. The second kappa shape index (κ2) is 17.0. The lowest BCUT2D eigenvalue weighted by molar-refractivity contribution is -0.384. The molecule has 40 heavy (non-hydrogen) atoms. The SMILES string of the molecule is CCN(CC)CCCNC(=O)c1cc(NC(=O)c2ccc([N+](=O)[O-])cc2)cc(C(=O)NCCCN(CC)CC)c1. The second-order valence-electron chi connectivity index (χ2n) is 9.33. The molecule has 0 aliphatic rings. The Morgan fingerprint density at radius 3 is 1.55 bits per heavy atom. The van der Waals surface area contributed by atoms with E-state index in [-0.39, 0.29) is 39.9 Å². The molecule has 218 valence electrons. The molecule has 0 radical (unpaired) electrons. The standard InChI is InChI=1S/C29H42N6O5/c1-5-33(6-2)17-9-15-30-27(36)23-19-24(28(37)31-16-10-18-34(7-3)8-4)21-25(20-23)32-29(38)22-11-13-26(14-12-22)35(39)40/h11-14,19-21H,5-10,15-18H2,1-4H3,(H,30,36)(H,31,37)(H,32,38). The first kappa shape index (κ1) is 32.4. The fraction of sp³-hybridized carbons (Fsp3) is 0.483. The number of nitrogens with one attached hydrogen (secondary N) is 3. The first-order chi connectivity index (χ1) is 19.2. The highest BCUT2D eigenvalue weighted by atomic mass is 16.6. The number of carbonyl (C=O) groups is 3. The Bertz CT molecular complexity index is 1080. The van der Waals surface area contributed by atoms with Crippen molar-refractivity contribution in [3.05, 3.63) is 69.3 Å². The van der Waals surface area contributed by atoms with E-state index in [1.165, 1.54) is 42.5 Å². The van der Waals surface area contributed by atoms with Crippen LogP contribution in [0.25, 0.3) is 0 Å². The number of nitro groups is 1. The van der Waals surface area contributed by atoms with Crippen LogP contribution in [0.3, 0.4) is 0 Å². The fourth-order valence-electron chi connectivity index (χ4n) is 4.19. The van der Waals surface area contributed by atoms with E-state index in [2.05, 4.69) is 53.4 Å². The molecule has 0 aliphatic carbocycles. The summed E-state index contributed by atoms with van der Waals surface area (Å²) in [7, 11) is 0. The van der Waals surface area contributed by atoms with Crippen LogP contribution in [0.1, 0.15) is 71.6 Å². The number of non-ortho nitro benzene ring substituents is 1. The molecule has 0 unspecified atom stereocenters. The van der Waals surface area contributed by atoms with Crippen LogP contribution in [0.15, 0.2) is 42.5 Å². The van der Waals surface area contributed by atoms with Crippen molar-refractivity contribution in [3.8, 4) is 0 Å². The number of amides is 3. The molecule has 2 aromatic carbocycles. The zero-order valence-electron chi connectivity index (χ0n) is 24.0. The van der Waals surface area contributed by atoms with Crippen LogP contribution in [0, 0.1) is 10.1 Å². The van der Waals surface area contributed by atoms with Crippen molar-refractivity contribution in [3.63, 3.8) is 0 Å². The van der Waals surface area contributed by atoms with Gasteiger partial charge >= 0.3 is 0 Å². The molecule has 0 spiro atoms. The molecule has 0 saturated heterocycles. The maximum atomic E-state index is 13.0. The molecular weight excluding hydrogens is 512 g/mol. The van der Waals surface area contributed by atoms with E-state index in [9.17, 15) is 24.5 Å². The summed E-state index contributed by atoms with van der Waals surface area (Å²) in [5, 5.41) is 19.4. The predicted octanol–water partition coefficient (Wildman–Crippen LogP) is 3.77. The number of nitrogens with zero attached hydrogens (tertiary/aromatic N) is 3. The van der Waals surface area contributed by atoms with Gasteiger partial charge in [0.2, 0.25) is 0 Å². The molecule has 2 rings (SSSR count).